The van der Waals surface area contributed by atoms with Gasteiger partial charge in [-0.3, -0.25) is 9.78 Å². The van der Waals surface area contributed by atoms with Crippen molar-refractivity contribution in [3.63, 3.8) is 0 Å². The van der Waals surface area contributed by atoms with E-state index in [9.17, 15) is 4.79 Å². The molecule has 0 saturated heterocycles. The molecule has 0 atom stereocenters. The predicted molar refractivity (Wildman–Crippen MR) is 106 cm³/mol. The number of pyridine rings is 1. The number of hydrogen-bond acceptors (Lipinski definition) is 3. The van der Waals surface area contributed by atoms with Crippen LogP contribution in [0.1, 0.15) is 49.2 Å². The molecule has 1 aromatic heterocycles. The third-order valence-electron chi connectivity index (χ3n) is 3.59. The van der Waals surface area contributed by atoms with Crippen molar-refractivity contribution in [2.24, 2.45) is 0 Å². The van der Waals surface area contributed by atoms with E-state index < -0.39 is 0 Å². The quantitative estimate of drug-likeness (QED) is 0.724. The number of nitrogens with zero attached hydrogens (tertiary/aromatic N) is 1. The van der Waals surface area contributed by atoms with Crippen LogP contribution in [0, 0.1) is 0 Å². The van der Waals surface area contributed by atoms with Crippen LogP contribution in [-0.2, 0) is 0 Å². The van der Waals surface area contributed by atoms with Gasteiger partial charge >= 0.3 is 0 Å². The summed E-state index contributed by atoms with van der Waals surface area (Å²) < 4.78 is 0. The van der Waals surface area contributed by atoms with Crippen molar-refractivity contribution < 1.29 is 4.79 Å². The van der Waals surface area contributed by atoms with Gasteiger partial charge in [0.2, 0.25) is 0 Å². The molecule has 0 aliphatic carbocycles. The van der Waals surface area contributed by atoms with E-state index in [-0.39, 0.29) is 30.7 Å². The van der Waals surface area contributed by atoms with Gasteiger partial charge < -0.3 is 10.6 Å². The number of hydrogen-bond donors (Lipinski definition) is 2. The minimum atomic E-state index is -0.0289. The molecule has 0 spiro atoms. The Hall–Kier alpha value is -1.36. The number of carbonyl (C=O) groups excluding carboxylic acids is 1. The average molecular weight is 372 g/mol. The summed E-state index contributed by atoms with van der Waals surface area (Å²) in [6.07, 6.45) is 1.10. The van der Waals surface area contributed by atoms with E-state index >= 15 is 0 Å². The van der Waals surface area contributed by atoms with Gasteiger partial charge in [-0.2, -0.15) is 0 Å². The van der Waals surface area contributed by atoms with Crippen LogP contribution < -0.4 is 10.6 Å². The molecule has 0 aliphatic rings. The molecular weight excluding hydrogens is 345 g/mol. The summed E-state index contributed by atoms with van der Waals surface area (Å²) in [7, 11) is 0. The van der Waals surface area contributed by atoms with Crippen LogP contribution in [0.3, 0.4) is 0 Å². The van der Waals surface area contributed by atoms with E-state index in [2.05, 4.69) is 36.4 Å². The highest BCUT2D eigenvalue weighted by atomic mass is 35.5. The van der Waals surface area contributed by atoms with Crippen molar-refractivity contribution in [3.8, 4) is 0 Å². The molecule has 0 fully saturated rings. The van der Waals surface area contributed by atoms with Crippen LogP contribution >= 0.6 is 24.8 Å². The largest absolute Gasteiger partial charge is 0.351 e. The molecule has 1 amide bonds. The summed E-state index contributed by atoms with van der Waals surface area (Å²) in [5.74, 6) is 0.265. The SMILES string of the molecule is CCCNCCNC(=O)c1cc(C(C)C)nc2ccccc12.Cl.Cl. The Bertz CT molecular complexity index is 647. The van der Waals surface area contributed by atoms with Crippen molar-refractivity contribution in [1.82, 2.24) is 15.6 Å². The normalized spacial score (nSPS) is 10.2. The standard InChI is InChI=1S/C18H25N3O.2ClH/c1-4-9-19-10-11-20-18(22)15-12-17(13(2)3)21-16-8-6-5-7-14(15)16;;/h5-8,12-13,19H,4,9-11H2,1-3H3,(H,20,22);2*1H. The zero-order chi connectivity index (χ0) is 15.9. The first-order valence-electron chi connectivity index (χ1n) is 8.02. The highest BCUT2D eigenvalue weighted by molar-refractivity contribution is 6.06. The second-order valence-corrected chi connectivity index (χ2v) is 5.77. The van der Waals surface area contributed by atoms with Gasteiger partial charge in [0, 0.05) is 24.2 Å². The average Bonchev–Trinajstić information content (AvgIpc) is 2.53. The van der Waals surface area contributed by atoms with Crippen LogP contribution in [0.5, 0.6) is 0 Å². The molecule has 0 aliphatic heterocycles. The zero-order valence-corrected chi connectivity index (χ0v) is 16.1. The van der Waals surface area contributed by atoms with E-state index in [4.69, 9.17) is 0 Å². The molecule has 0 unspecified atom stereocenters. The fourth-order valence-corrected chi connectivity index (χ4v) is 2.34. The molecule has 6 heteroatoms. The number of amides is 1. The van der Waals surface area contributed by atoms with Crippen molar-refractivity contribution >= 4 is 41.6 Å². The lowest BCUT2D eigenvalue weighted by atomic mass is 10.0. The first-order chi connectivity index (χ1) is 10.6. The monoisotopic (exact) mass is 371 g/mol. The predicted octanol–water partition coefficient (Wildman–Crippen LogP) is 3.93. The van der Waals surface area contributed by atoms with Crippen LogP contribution in [0.2, 0.25) is 0 Å². The maximum absolute atomic E-state index is 12.5. The topological polar surface area (TPSA) is 54.0 Å². The van der Waals surface area contributed by atoms with Gasteiger partial charge in [0.05, 0.1) is 11.1 Å². The third-order valence-corrected chi connectivity index (χ3v) is 3.59. The number of carbonyl (C=O) groups is 1. The number of nitrogens with one attached hydrogen (secondary N) is 2. The van der Waals surface area contributed by atoms with E-state index in [0.717, 1.165) is 36.1 Å². The fraction of sp³-hybridized carbons (Fsp3) is 0.444. The van der Waals surface area contributed by atoms with Gasteiger partial charge in [-0.1, -0.05) is 39.0 Å². The van der Waals surface area contributed by atoms with E-state index in [0.29, 0.717) is 18.0 Å². The van der Waals surface area contributed by atoms with Gasteiger partial charge in [-0.15, -0.1) is 24.8 Å². The molecule has 1 aromatic carbocycles. The van der Waals surface area contributed by atoms with Crippen molar-refractivity contribution in [1.29, 1.82) is 0 Å². The summed E-state index contributed by atoms with van der Waals surface area (Å²) in [5, 5.41) is 7.18. The number of para-hydroxylation sites is 1. The maximum Gasteiger partial charge on any atom is 0.252 e. The Morgan fingerprint density at radius 2 is 1.83 bits per heavy atom. The maximum atomic E-state index is 12.5. The van der Waals surface area contributed by atoms with Crippen LogP contribution in [-0.4, -0.2) is 30.5 Å². The third kappa shape index (κ3) is 5.93. The van der Waals surface area contributed by atoms with Gasteiger partial charge in [-0.25, -0.2) is 0 Å². The second kappa shape index (κ2) is 11.2. The van der Waals surface area contributed by atoms with Crippen LogP contribution in [0.15, 0.2) is 30.3 Å². The number of halogens is 2. The molecule has 2 aromatic rings. The summed E-state index contributed by atoms with van der Waals surface area (Å²) in [6.45, 7) is 8.71. The first-order valence-corrected chi connectivity index (χ1v) is 8.02. The van der Waals surface area contributed by atoms with Crippen molar-refractivity contribution in [3.05, 3.63) is 41.6 Å². The minimum absolute atomic E-state index is 0. The number of benzene rings is 1. The minimum Gasteiger partial charge on any atom is -0.351 e. The number of aromatic nitrogens is 1. The first kappa shape index (κ1) is 22.6. The number of fused-ring (bicyclic) bond motifs is 1. The Labute approximate surface area is 156 Å². The molecule has 4 nitrogen and oxygen atoms in total. The van der Waals surface area contributed by atoms with Gasteiger partial charge in [0.15, 0.2) is 0 Å². The van der Waals surface area contributed by atoms with E-state index in [1.54, 1.807) is 0 Å². The Kier molecular flexibility index (Phi) is 10.6. The molecule has 2 rings (SSSR count). The summed E-state index contributed by atoms with van der Waals surface area (Å²) in [5.41, 5.74) is 2.54. The van der Waals surface area contributed by atoms with Gasteiger partial charge in [0.25, 0.3) is 5.91 Å². The lowest BCUT2D eigenvalue weighted by Crippen LogP contribution is -2.32. The Balaban J connectivity index is 0.00000264. The van der Waals surface area contributed by atoms with Crippen molar-refractivity contribution in [2.45, 2.75) is 33.1 Å². The fourth-order valence-electron chi connectivity index (χ4n) is 2.34. The Morgan fingerprint density at radius 3 is 2.50 bits per heavy atom. The van der Waals surface area contributed by atoms with Crippen LogP contribution in [0.25, 0.3) is 10.9 Å². The van der Waals surface area contributed by atoms with Crippen LogP contribution in [0.4, 0.5) is 0 Å². The van der Waals surface area contributed by atoms with E-state index in [1.807, 2.05) is 30.3 Å². The molecular formula is C18H27Cl2N3O. The lowest BCUT2D eigenvalue weighted by molar-refractivity contribution is 0.0955. The lowest BCUT2D eigenvalue weighted by Gasteiger charge is -2.12. The molecule has 0 radical (unpaired) electrons. The molecule has 24 heavy (non-hydrogen) atoms. The highest BCUT2D eigenvalue weighted by Gasteiger charge is 2.13. The van der Waals surface area contributed by atoms with Gasteiger partial charge in [-0.05, 0) is 31.0 Å². The smallest absolute Gasteiger partial charge is 0.252 e. The molecule has 134 valence electrons. The molecule has 0 bridgehead atoms. The molecule has 0 saturated carbocycles. The summed E-state index contributed by atoms with van der Waals surface area (Å²) in [4.78, 5) is 17.1. The molecule has 2 N–H and O–H groups in total. The molecule has 1 heterocycles. The van der Waals surface area contributed by atoms with Gasteiger partial charge in [0.1, 0.15) is 0 Å². The van der Waals surface area contributed by atoms with E-state index in [1.165, 1.54) is 0 Å². The highest BCUT2D eigenvalue weighted by Crippen LogP contribution is 2.22. The number of rotatable bonds is 7. The summed E-state index contributed by atoms with van der Waals surface area (Å²) in [6, 6.07) is 9.73. The zero-order valence-electron chi connectivity index (χ0n) is 14.5. The van der Waals surface area contributed by atoms with Crippen molar-refractivity contribution in [2.75, 3.05) is 19.6 Å². The second-order valence-electron chi connectivity index (χ2n) is 5.77. The summed E-state index contributed by atoms with van der Waals surface area (Å²) >= 11 is 0. The Morgan fingerprint density at radius 1 is 1.12 bits per heavy atom.